The van der Waals surface area contributed by atoms with Gasteiger partial charge in [0.1, 0.15) is 0 Å². The monoisotopic (exact) mass is 222 g/mol. The summed E-state index contributed by atoms with van der Waals surface area (Å²) in [5.74, 6) is 0. The van der Waals surface area contributed by atoms with Crippen LogP contribution in [0.3, 0.4) is 0 Å². The molecule has 0 saturated heterocycles. The van der Waals surface area contributed by atoms with Gasteiger partial charge in [0.2, 0.25) is 0 Å². The zero-order valence-electron chi connectivity index (χ0n) is 10.7. The van der Waals surface area contributed by atoms with Gasteiger partial charge in [-0.1, -0.05) is 29.8 Å². The molecule has 0 heterocycles. The van der Waals surface area contributed by atoms with E-state index < -0.39 is 6.10 Å². The summed E-state index contributed by atoms with van der Waals surface area (Å²) < 4.78 is 5.34. The lowest BCUT2D eigenvalue weighted by atomic mass is 9.96. The van der Waals surface area contributed by atoms with Gasteiger partial charge in [-0.15, -0.1) is 0 Å². The summed E-state index contributed by atoms with van der Waals surface area (Å²) in [6.07, 6.45) is 1.18. The summed E-state index contributed by atoms with van der Waals surface area (Å²) in [5.41, 5.74) is 2.01. The van der Waals surface area contributed by atoms with Crippen LogP contribution >= 0.6 is 0 Å². The Morgan fingerprint density at radius 1 is 1.38 bits per heavy atom. The van der Waals surface area contributed by atoms with E-state index in [2.05, 4.69) is 0 Å². The van der Waals surface area contributed by atoms with Crippen molar-refractivity contribution in [2.75, 3.05) is 7.11 Å². The van der Waals surface area contributed by atoms with E-state index >= 15 is 0 Å². The van der Waals surface area contributed by atoms with Crippen molar-refractivity contribution in [3.05, 3.63) is 35.4 Å². The maximum Gasteiger partial charge on any atom is 0.0791 e. The predicted octanol–water partition coefficient (Wildman–Crippen LogP) is 3.23. The predicted molar refractivity (Wildman–Crippen MR) is 66.5 cm³/mol. The fourth-order valence-corrected chi connectivity index (χ4v) is 1.63. The summed E-state index contributed by atoms with van der Waals surface area (Å²) in [4.78, 5) is 0. The standard InChI is InChI=1S/C14H22O2/c1-11-6-5-7-12(10-11)13(15)8-9-14(2,3)16-4/h5-7,10,13,15H,8-9H2,1-4H3. The minimum absolute atomic E-state index is 0.162. The SMILES string of the molecule is COC(C)(C)CCC(O)c1cccc(C)c1. The van der Waals surface area contributed by atoms with Crippen LogP contribution in [0.5, 0.6) is 0 Å². The minimum Gasteiger partial charge on any atom is -0.388 e. The lowest BCUT2D eigenvalue weighted by Crippen LogP contribution is -2.23. The summed E-state index contributed by atoms with van der Waals surface area (Å²) in [6, 6.07) is 8.02. The zero-order chi connectivity index (χ0) is 12.2. The van der Waals surface area contributed by atoms with E-state index in [0.29, 0.717) is 0 Å². The maximum atomic E-state index is 10.0. The van der Waals surface area contributed by atoms with Crippen LogP contribution in [0.2, 0.25) is 0 Å². The molecule has 0 fully saturated rings. The van der Waals surface area contributed by atoms with E-state index in [1.165, 1.54) is 5.56 Å². The summed E-state index contributed by atoms with van der Waals surface area (Å²) in [6.45, 7) is 6.11. The van der Waals surface area contributed by atoms with E-state index in [9.17, 15) is 5.11 Å². The molecule has 0 aliphatic rings. The van der Waals surface area contributed by atoms with Gasteiger partial charge in [-0.25, -0.2) is 0 Å². The van der Waals surface area contributed by atoms with Gasteiger partial charge in [0, 0.05) is 7.11 Å². The smallest absolute Gasteiger partial charge is 0.0791 e. The Kier molecular flexibility index (Phi) is 4.51. The molecule has 1 aromatic rings. The lowest BCUT2D eigenvalue weighted by Gasteiger charge is -2.24. The van der Waals surface area contributed by atoms with Gasteiger partial charge in [-0.2, -0.15) is 0 Å². The van der Waals surface area contributed by atoms with E-state index in [0.717, 1.165) is 18.4 Å². The number of methoxy groups -OCH3 is 1. The van der Waals surface area contributed by atoms with Crippen LogP contribution < -0.4 is 0 Å². The highest BCUT2D eigenvalue weighted by molar-refractivity contribution is 5.23. The van der Waals surface area contributed by atoms with Crippen LogP contribution in [0.25, 0.3) is 0 Å². The van der Waals surface area contributed by atoms with Gasteiger partial charge in [0.25, 0.3) is 0 Å². The van der Waals surface area contributed by atoms with Crippen LogP contribution in [-0.4, -0.2) is 17.8 Å². The first-order chi connectivity index (χ1) is 7.44. The normalized spacial score (nSPS) is 13.8. The highest BCUT2D eigenvalue weighted by Crippen LogP contribution is 2.24. The molecule has 1 aromatic carbocycles. The Labute approximate surface area is 98.3 Å². The molecule has 0 radical (unpaired) electrons. The van der Waals surface area contributed by atoms with Crippen LogP contribution in [0.15, 0.2) is 24.3 Å². The topological polar surface area (TPSA) is 29.5 Å². The maximum absolute atomic E-state index is 10.0. The van der Waals surface area contributed by atoms with Gasteiger partial charge < -0.3 is 9.84 Å². The molecule has 0 amide bonds. The van der Waals surface area contributed by atoms with E-state index in [1.807, 2.05) is 45.0 Å². The third-order valence-corrected chi connectivity index (χ3v) is 3.00. The zero-order valence-corrected chi connectivity index (χ0v) is 10.7. The van der Waals surface area contributed by atoms with Crippen molar-refractivity contribution in [3.63, 3.8) is 0 Å². The molecular formula is C14H22O2. The molecule has 0 bridgehead atoms. The van der Waals surface area contributed by atoms with Crippen molar-refractivity contribution in [3.8, 4) is 0 Å². The van der Waals surface area contributed by atoms with Crippen molar-refractivity contribution in [2.24, 2.45) is 0 Å². The number of aliphatic hydroxyl groups excluding tert-OH is 1. The number of aliphatic hydroxyl groups is 1. The number of rotatable bonds is 5. The Bertz CT molecular complexity index is 331. The average molecular weight is 222 g/mol. The minimum atomic E-state index is -0.394. The average Bonchev–Trinajstić information content (AvgIpc) is 2.26. The van der Waals surface area contributed by atoms with E-state index in [-0.39, 0.29) is 5.60 Å². The fraction of sp³-hybridized carbons (Fsp3) is 0.571. The fourth-order valence-electron chi connectivity index (χ4n) is 1.63. The van der Waals surface area contributed by atoms with Crippen molar-refractivity contribution in [2.45, 2.75) is 45.3 Å². The highest BCUT2D eigenvalue weighted by Gasteiger charge is 2.18. The highest BCUT2D eigenvalue weighted by atomic mass is 16.5. The van der Waals surface area contributed by atoms with Gasteiger partial charge in [0.15, 0.2) is 0 Å². The Morgan fingerprint density at radius 2 is 2.06 bits per heavy atom. The third kappa shape index (κ3) is 3.95. The molecule has 1 atom stereocenters. The van der Waals surface area contributed by atoms with Crippen molar-refractivity contribution < 1.29 is 9.84 Å². The van der Waals surface area contributed by atoms with Crippen LogP contribution in [0, 0.1) is 6.92 Å². The van der Waals surface area contributed by atoms with Crippen LogP contribution in [-0.2, 0) is 4.74 Å². The van der Waals surface area contributed by atoms with Crippen molar-refractivity contribution >= 4 is 0 Å². The van der Waals surface area contributed by atoms with E-state index in [4.69, 9.17) is 4.74 Å². The van der Waals surface area contributed by atoms with Gasteiger partial charge in [-0.3, -0.25) is 0 Å². The quantitative estimate of drug-likeness (QED) is 0.828. The Morgan fingerprint density at radius 3 is 2.62 bits per heavy atom. The van der Waals surface area contributed by atoms with Gasteiger partial charge >= 0.3 is 0 Å². The van der Waals surface area contributed by atoms with Crippen molar-refractivity contribution in [1.82, 2.24) is 0 Å². The molecule has 1 rings (SSSR count). The molecule has 0 saturated carbocycles. The number of aryl methyl sites for hydroxylation is 1. The molecule has 0 aliphatic carbocycles. The number of hydrogen-bond donors (Lipinski definition) is 1. The molecule has 0 aliphatic heterocycles. The molecule has 90 valence electrons. The number of benzene rings is 1. The van der Waals surface area contributed by atoms with E-state index in [1.54, 1.807) is 7.11 Å². The first-order valence-corrected chi connectivity index (χ1v) is 5.74. The molecule has 16 heavy (non-hydrogen) atoms. The first-order valence-electron chi connectivity index (χ1n) is 5.74. The molecule has 2 nitrogen and oxygen atoms in total. The second-order valence-electron chi connectivity index (χ2n) is 4.93. The molecular weight excluding hydrogens is 200 g/mol. The van der Waals surface area contributed by atoms with Gasteiger partial charge in [0.05, 0.1) is 11.7 Å². The second kappa shape index (κ2) is 5.46. The third-order valence-electron chi connectivity index (χ3n) is 3.00. The Hall–Kier alpha value is -0.860. The summed E-state index contributed by atoms with van der Waals surface area (Å²) >= 11 is 0. The molecule has 0 aromatic heterocycles. The van der Waals surface area contributed by atoms with Crippen LogP contribution in [0.4, 0.5) is 0 Å². The largest absolute Gasteiger partial charge is 0.388 e. The molecule has 1 unspecified atom stereocenters. The molecule has 2 heteroatoms. The Balaban J connectivity index is 2.56. The molecule has 1 N–H and O–H groups in total. The molecule has 0 spiro atoms. The second-order valence-corrected chi connectivity index (χ2v) is 4.93. The summed E-state index contributed by atoms with van der Waals surface area (Å²) in [5, 5.41) is 10.0. The lowest BCUT2D eigenvalue weighted by molar-refractivity contribution is 0.00278. The van der Waals surface area contributed by atoms with Crippen LogP contribution in [0.1, 0.15) is 43.9 Å². The first kappa shape index (κ1) is 13.2. The summed E-state index contributed by atoms with van der Waals surface area (Å²) in [7, 11) is 1.71. The van der Waals surface area contributed by atoms with Gasteiger partial charge in [-0.05, 0) is 39.2 Å². The van der Waals surface area contributed by atoms with Crippen molar-refractivity contribution in [1.29, 1.82) is 0 Å². The number of ether oxygens (including phenoxy) is 1. The number of hydrogen-bond acceptors (Lipinski definition) is 2.